The highest BCUT2D eigenvalue weighted by molar-refractivity contribution is 5.74. The highest BCUT2D eigenvalue weighted by Gasteiger charge is 2.11. The maximum absolute atomic E-state index is 11.4. The molecule has 0 amide bonds. The van der Waals surface area contributed by atoms with E-state index in [1.165, 1.54) is 0 Å². The van der Waals surface area contributed by atoms with Crippen LogP contribution in [0, 0.1) is 6.92 Å². The van der Waals surface area contributed by atoms with Gasteiger partial charge in [-0.1, -0.05) is 35.9 Å². The molecule has 0 aliphatic carbocycles. The summed E-state index contributed by atoms with van der Waals surface area (Å²) in [6.07, 6.45) is -0.787. The first-order valence-electron chi connectivity index (χ1n) is 6.55. The fourth-order valence-corrected chi connectivity index (χ4v) is 2.24. The molecule has 5 nitrogen and oxygen atoms in total. The molecular weight excluding hydrogens is 268 g/mol. The molecule has 0 aliphatic rings. The summed E-state index contributed by atoms with van der Waals surface area (Å²) in [6.45, 7) is 1.98. The third-order valence-corrected chi connectivity index (χ3v) is 3.46. The highest BCUT2D eigenvalue weighted by atomic mass is 16.3. The number of aliphatic hydroxyl groups is 1. The summed E-state index contributed by atoms with van der Waals surface area (Å²) >= 11 is 0. The van der Waals surface area contributed by atoms with Crippen molar-refractivity contribution >= 4 is 11.0 Å². The highest BCUT2D eigenvalue weighted by Crippen LogP contribution is 2.23. The molecule has 1 heterocycles. The van der Waals surface area contributed by atoms with E-state index >= 15 is 0 Å². The SMILES string of the molecule is Cc1ccc(C(O)c2ccc3[nH]c(=O)c(=O)[nH]c3c2)cc1. The van der Waals surface area contributed by atoms with Crippen LogP contribution in [0.5, 0.6) is 0 Å². The summed E-state index contributed by atoms with van der Waals surface area (Å²) in [4.78, 5) is 27.6. The third-order valence-electron chi connectivity index (χ3n) is 3.46. The van der Waals surface area contributed by atoms with E-state index in [0.717, 1.165) is 11.1 Å². The molecule has 0 radical (unpaired) electrons. The van der Waals surface area contributed by atoms with Crippen LogP contribution in [0.2, 0.25) is 0 Å². The molecule has 5 heteroatoms. The van der Waals surface area contributed by atoms with Gasteiger partial charge in [0.25, 0.3) is 0 Å². The number of H-pyrrole nitrogens is 2. The Morgan fingerprint density at radius 3 is 2.10 bits per heavy atom. The van der Waals surface area contributed by atoms with Gasteiger partial charge in [0, 0.05) is 0 Å². The van der Waals surface area contributed by atoms with Crippen molar-refractivity contribution in [3.05, 3.63) is 79.9 Å². The minimum Gasteiger partial charge on any atom is -0.384 e. The van der Waals surface area contributed by atoms with E-state index in [1.54, 1.807) is 18.2 Å². The predicted octanol–water partition coefficient (Wildman–Crippen LogP) is 1.61. The molecule has 3 rings (SSSR count). The van der Waals surface area contributed by atoms with Crippen LogP contribution in [0.3, 0.4) is 0 Å². The van der Waals surface area contributed by atoms with Crippen molar-refractivity contribution in [3.63, 3.8) is 0 Å². The van der Waals surface area contributed by atoms with E-state index in [4.69, 9.17) is 0 Å². The van der Waals surface area contributed by atoms with Crippen molar-refractivity contribution in [2.24, 2.45) is 0 Å². The lowest BCUT2D eigenvalue weighted by Crippen LogP contribution is -2.28. The van der Waals surface area contributed by atoms with E-state index in [2.05, 4.69) is 9.97 Å². The van der Waals surface area contributed by atoms with Crippen LogP contribution >= 0.6 is 0 Å². The van der Waals surface area contributed by atoms with Crippen LogP contribution in [0.15, 0.2) is 52.1 Å². The molecule has 0 saturated heterocycles. The molecule has 0 spiro atoms. The van der Waals surface area contributed by atoms with Crippen molar-refractivity contribution in [3.8, 4) is 0 Å². The molecule has 2 aromatic carbocycles. The first-order chi connectivity index (χ1) is 10.0. The Balaban J connectivity index is 2.08. The van der Waals surface area contributed by atoms with Crippen molar-refractivity contribution in [1.82, 2.24) is 9.97 Å². The average molecular weight is 282 g/mol. The second-order valence-electron chi connectivity index (χ2n) is 5.03. The lowest BCUT2D eigenvalue weighted by molar-refractivity contribution is 0.220. The van der Waals surface area contributed by atoms with Gasteiger partial charge in [-0.2, -0.15) is 0 Å². The number of aliphatic hydroxyl groups excluding tert-OH is 1. The number of rotatable bonds is 2. The van der Waals surface area contributed by atoms with Crippen LogP contribution in [0.1, 0.15) is 22.8 Å². The Morgan fingerprint density at radius 2 is 1.43 bits per heavy atom. The molecule has 106 valence electrons. The van der Waals surface area contributed by atoms with Crippen LogP contribution in [0.4, 0.5) is 0 Å². The Morgan fingerprint density at radius 1 is 0.857 bits per heavy atom. The van der Waals surface area contributed by atoms with Crippen LogP contribution < -0.4 is 11.1 Å². The molecule has 3 N–H and O–H groups in total. The number of fused-ring (bicyclic) bond motifs is 1. The fraction of sp³-hybridized carbons (Fsp3) is 0.125. The number of hydrogen-bond acceptors (Lipinski definition) is 3. The molecule has 3 aromatic rings. The van der Waals surface area contributed by atoms with Gasteiger partial charge in [0.2, 0.25) is 0 Å². The molecule has 1 unspecified atom stereocenters. The summed E-state index contributed by atoms with van der Waals surface area (Å²) in [5.74, 6) is 0. The van der Waals surface area contributed by atoms with E-state index in [9.17, 15) is 14.7 Å². The lowest BCUT2D eigenvalue weighted by Gasteiger charge is -2.12. The molecule has 1 atom stereocenters. The van der Waals surface area contributed by atoms with Gasteiger partial charge in [-0.25, -0.2) is 0 Å². The number of aromatic nitrogens is 2. The standard InChI is InChI=1S/C16H14N2O3/c1-9-2-4-10(5-3-9)14(19)11-6-7-12-13(8-11)18-16(21)15(20)17-12/h2-8,14,19H,1H3,(H,17,20)(H,18,21). The maximum Gasteiger partial charge on any atom is 0.314 e. The van der Waals surface area contributed by atoms with Crippen molar-refractivity contribution in [2.45, 2.75) is 13.0 Å². The first kappa shape index (κ1) is 13.3. The second-order valence-corrected chi connectivity index (χ2v) is 5.03. The molecule has 0 fully saturated rings. The summed E-state index contributed by atoms with van der Waals surface area (Å²) < 4.78 is 0. The summed E-state index contributed by atoms with van der Waals surface area (Å²) in [5.41, 5.74) is 2.16. The normalized spacial score (nSPS) is 12.5. The zero-order valence-electron chi connectivity index (χ0n) is 11.4. The van der Waals surface area contributed by atoms with Gasteiger partial charge >= 0.3 is 11.1 Å². The maximum atomic E-state index is 11.4. The van der Waals surface area contributed by atoms with E-state index in [0.29, 0.717) is 16.6 Å². The second kappa shape index (κ2) is 5.03. The van der Waals surface area contributed by atoms with Gasteiger partial charge in [-0.3, -0.25) is 9.59 Å². The minimum absolute atomic E-state index is 0.489. The number of hydrogen-bond donors (Lipinski definition) is 3. The van der Waals surface area contributed by atoms with Crippen molar-refractivity contribution in [1.29, 1.82) is 0 Å². The number of benzene rings is 2. The van der Waals surface area contributed by atoms with Crippen LogP contribution in [-0.4, -0.2) is 15.1 Å². The largest absolute Gasteiger partial charge is 0.384 e. The average Bonchev–Trinajstić information content (AvgIpc) is 2.48. The van der Waals surface area contributed by atoms with Crippen LogP contribution in [-0.2, 0) is 0 Å². The zero-order valence-corrected chi connectivity index (χ0v) is 11.4. The van der Waals surface area contributed by atoms with Gasteiger partial charge in [-0.15, -0.1) is 0 Å². The minimum atomic E-state index is -0.787. The van der Waals surface area contributed by atoms with Gasteiger partial charge in [0.05, 0.1) is 11.0 Å². The van der Waals surface area contributed by atoms with E-state index in [-0.39, 0.29) is 0 Å². The Bertz CT molecular complexity index is 907. The van der Waals surface area contributed by atoms with Gasteiger partial charge in [0.15, 0.2) is 0 Å². The molecular formula is C16H14N2O3. The fourth-order valence-electron chi connectivity index (χ4n) is 2.24. The number of aromatic amines is 2. The Kier molecular flexibility index (Phi) is 3.19. The first-order valence-corrected chi connectivity index (χ1v) is 6.55. The molecule has 0 aliphatic heterocycles. The van der Waals surface area contributed by atoms with E-state index in [1.807, 2.05) is 31.2 Å². The molecule has 1 aromatic heterocycles. The quantitative estimate of drug-likeness (QED) is 0.624. The zero-order chi connectivity index (χ0) is 15.0. The monoisotopic (exact) mass is 282 g/mol. The number of aryl methyl sites for hydroxylation is 1. The molecule has 21 heavy (non-hydrogen) atoms. The lowest BCUT2D eigenvalue weighted by atomic mass is 10.00. The van der Waals surface area contributed by atoms with Crippen molar-refractivity contribution < 1.29 is 5.11 Å². The van der Waals surface area contributed by atoms with Crippen molar-refractivity contribution in [2.75, 3.05) is 0 Å². The molecule has 0 saturated carbocycles. The predicted molar refractivity (Wildman–Crippen MR) is 80.4 cm³/mol. The summed E-state index contributed by atoms with van der Waals surface area (Å²) in [6, 6.07) is 12.6. The number of nitrogens with one attached hydrogen (secondary N) is 2. The Hall–Kier alpha value is -2.66. The molecule has 0 bridgehead atoms. The third kappa shape index (κ3) is 2.51. The van der Waals surface area contributed by atoms with E-state index < -0.39 is 17.2 Å². The summed E-state index contributed by atoms with van der Waals surface area (Å²) in [5, 5.41) is 10.4. The Labute approximate surface area is 119 Å². The topological polar surface area (TPSA) is 85.9 Å². The summed E-state index contributed by atoms with van der Waals surface area (Å²) in [7, 11) is 0. The van der Waals surface area contributed by atoms with Gasteiger partial charge in [-0.05, 0) is 30.2 Å². The van der Waals surface area contributed by atoms with Gasteiger partial charge < -0.3 is 15.1 Å². The van der Waals surface area contributed by atoms with Gasteiger partial charge in [0.1, 0.15) is 6.10 Å². The van der Waals surface area contributed by atoms with Crippen LogP contribution in [0.25, 0.3) is 11.0 Å². The smallest absolute Gasteiger partial charge is 0.314 e.